The fourth-order valence-electron chi connectivity index (χ4n) is 6.99. The predicted octanol–water partition coefficient (Wildman–Crippen LogP) is 2.16. The molecule has 5 aliphatic rings. The van der Waals surface area contributed by atoms with E-state index in [1.165, 1.54) is 37.7 Å². The first kappa shape index (κ1) is 22.7. The minimum absolute atomic E-state index is 0.0106. The number of carbonyl (C=O) groups excluding carboxylic acids is 1. The average Bonchev–Trinajstić information content (AvgIpc) is 3.17. The van der Waals surface area contributed by atoms with Crippen molar-refractivity contribution in [3.05, 3.63) is 11.8 Å². The molecule has 7 nitrogen and oxygen atoms in total. The quantitative estimate of drug-likeness (QED) is 0.298. The van der Waals surface area contributed by atoms with Gasteiger partial charge in [-0.3, -0.25) is 10.6 Å². The summed E-state index contributed by atoms with van der Waals surface area (Å²) in [4.78, 5) is 16.5. The molecule has 1 aliphatic heterocycles. The van der Waals surface area contributed by atoms with E-state index in [-0.39, 0.29) is 29.4 Å². The number of hydrogen-bond acceptors (Lipinski definition) is 6. The predicted molar refractivity (Wildman–Crippen MR) is 125 cm³/mol. The van der Waals surface area contributed by atoms with E-state index >= 15 is 0 Å². The van der Waals surface area contributed by atoms with Crippen LogP contribution in [-0.4, -0.2) is 54.5 Å². The van der Waals surface area contributed by atoms with E-state index in [2.05, 4.69) is 32.9 Å². The van der Waals surface area contributed by atoms with E-state index in [1.807, 2.05) is 20.0 Å². The van der Waals surface area contributed by atoms with Crippen LogP contribution in [0.5, 0.6) is 0 Å². The number of amides is 1. The van der Waals surface area contributed by atoms with Crippen LogP contribution in [0.15, 0.2) is 16.8 Å². The SMILES string of the molecule is CCNC(=O)C(C)CCC(C(C)NCC1=CN=CNC1)N(N)C12CC3CC(CC1C3)C2. The molecule has 7 heteroatoms. The summed E-state index contributed by atoms with van der Waals surface area (Å²) in [6, 6.07) is 0.460. The first-order valence-corrected chi connectivity index (χ1v) is 12.4. The number of carbonyl (C=O) groups is 1. The zero-order valence-electron chi connectivity index (χ0n) is 19.6. The van der Waals surface area contributed by atoms with Gasteiger partial charge in [-0.05, 0) is 82.1 Å². The van der Waals surface area contributed by atoms with Crippen molar-refractivity contribution >= 4 is 12.2 Å². The highest BCUT2D eigenvalue weighted by Gasteiger charge is 2.61. The lowest BCUT2D eigenvalue weighted by molar-refractivity contribution is -0.124. The molecule has 1 amide bonds. The van der Waals surface area contributed by atoms with Gasteiger partial charge in [0.2, 0.25) is 5.91 Å². The van der Waals surface area contributed by atoms with Crippen LogP contribution in [0.25, 0.3) is 0 Å². The van der Waals surface area contributed by atoms with Gasteiger partial charge < -0.3 is 16.0 Å². The first-order chi connectivity index (χ1) is 14.9. The van der Waals surface area contributed by atoms with Gasteiger partial charge in [-0.2, -0.15) is 0 Å². The molecule has 5 atom stereocenters. The summed E-state index contributed by atoms with van der Waals surface area (Å²) in [5.74, 6) is 9.73. The molecule has 0 saturated heterocycles. The number of nitrogens with one attached hydrogen (secondary N) is 3. The third kappa shape index (κ3) is 4.69. The zero-order chi connectivity index (χ0) is 22.0. The Morgan fingerprint density at radius 1 is 1.29 bits per heavy atom. The van der Waals surface area contributed by atoms with Crippen LogP contribution in [-0.2, 0) is 4.79 Å². The third-order valence-electron chi connectivity index (χ3n) is 8.49. The van der Waals surface area contributed by atoms with E-state index in [0.29, 0.717) is 6.54 Å². The second-order valence-electron chi connectivity index (χ2n) is 10.6. The van der Waals surface area contributed by atoms with Crippen LogP contribution in [0.2, 0.25) is 0 Å². The van der Waals surface area contributed by atoms with Gasteiger partial charge in [-0.25, -0.2) is 10.0 Å². The van der Waals surface area contributed by atoms with Gasteiger partial charge in [0.15, 0.2) is 0 Å². The molecule has 5 rings (SSSR count). The zero-order valence-corrected chi connectivity index (χ0v) is 19.6. The van der Waals surface area contributed by atoms with E-state index in [0.717, 1.165) is 43.7 Å². The lowest BCUT2D eigenvalue weighted by Gasteiger charge is -2.47. The van der Waals surface area contributed by atoms with Crippen molar-refractivity contribution in [2.24, 2.45) is 34.5 Å². The normalized spacial score (nSPS) is 33.8. The molecule has 1 heterocycles. The summed E-state index contributed by atoms with van der Waals surface area (Å²) in [5, 5.41) is 12.2. The van der Waals surface area contributed by atoms with Gasteiger partial charge in [-0.15, -0.1) is 0 Å². The van der Waals surface area contributed by atoms with Gasteiger partial charge in [0.1, 0.15) is 0 Å². The molecule has 0 aromatic carbocycles. The Bertz CT molecular complexity index is 692. The van der Waals surface area contributed by atoms with E-state index in [1.54, 1.807) is 6.34 Å². The Labute approximate surface area is 187 Å². The van der Waals surface area contributed by atoms with Gasteiger partial charge >= 0.3 is 0 Å². The number of hydrogen-bond donors (Lipinski definition) is 4. The molecule has 0 aromatic rings. The van der Waals surface area contributed by atoms with Crippen LogP contribution in [0, 0.1) is 23.7 Å². The minimum atomic E-state index is 0.0106. The van der Waals surface area contributed by atoms with E-state index < -0.39 is 0 Å². The molecule has 4 saturated carbocycles. The molecule has 174 valence electrons. The lowest BCUT2D eigenvalue weighted by atomic mass is 9.79. The molecule has 5 N–H and O–H groups in total. The number of rotatable bonds is 11. The summed E-state index contributed by atoms with van der Waals surface area (Å²) >= 11 is 0. The Kier molecular flexibility index (Phi) is 7.04. The lowest BCUT2D eigenvalue weighted by Crippen LogP contribution is -2.63. The monoisotopic (exact) mass is 430 g/mol. The summed E-state index contributed by atoms with van der Waals surface area (Å²) in [5.41, 5.74) is 1.44. The Hall–Kier alpha value is -1.44. The maximum Gasteiger partial charge on any atom is 0.222 e. The molecular formula is C24H42N6O. The van der Waals surface area contributed by atoms with E-state index in [4.69, 9.17) is 5.84 Å². The van der Waals surface area contributed by atoms with Gasteiger partial charge in [-0.1, -0.05) is 6.92 Å². The Morgan fingerprint density at radius 2 is 2.03 bits per heavy atom. The largest absolute Gasteiger partial charge is 0.372 e. The average molecular weight is 431 g/mol. The van der Waals surface area contributed by atoms with Crippen molar-refractivity contribution in [3.8, 4) is 0 Å². The van der Waals surface area contributed by atoms with Crippen molar-refractivity contribution in [2.45, 2.75) is 83.3 Å². The van der Waals surface area contributed by atoms with Crippen LogP contribution in [0.4, 0.5) is 0 Å². The van der Waals surface area contributed by atoms with Crippen molar-refractivity contribution in [1.82, 2.24) is 21.0 Å². The molecule has 0 aromatic heterocycles. The standard InChI is InChI=1S/C24H42N6O/c1-4-28-23(31)16(2)5-6-22(17(3)29-14-20-12-26-15-27-13-20)30(25)24-10-18-7-19(11-24)9-21(24)8-18/h12,15-19,21-22,29H,4-11,13-14,25H2,1-3H3,(H,26,27)(H,28,31). The van der Waals surface area contributed by atoms with Crippen LogP contribution in [0.3, 0.4) is 0 Å². The number of nitrogens with two attached hydrogens (primary N) is 1. The summed E-state index contributed by atoms with van der Waals surface area (Å²) in [6.07, 6.45) is 12.2. The Balaban J connectivity index is 1.44. The molecule has 4 bridgehead atoms. The van der Waals surface area contributed by atoms with Crippen LogP contribution < -0.4 is 21.8 Å². The van der Waals surface area contributed by atoms with Crippen molar-refractivity contribution in [1.29, 1.82) is 0 Å². The van der Waals surface area contributed by atoms with Crippen molar-refractivity contribution in [3.63, 3.8) is 0 Å². The van der Waals surface area contributed by atoms with E-state index in [9.17, 15) is 4.79 Å². The summed E-state index contributed by atoms with van der Waals surface area (Å²) in [7, 11) is 0. The van der Waals surface area contributed by atoms with Gasteiger partial charge in [0.05, 0.1) is 6.34 Å². The highest BCUT2D eigenvalue weighted by Crippen LogP contribution is 2.62. The second-order valence-corrected chi connectivity index (χ2v) is 10.6. The maximum atomic E-state index is 12.3. The van der Waals surface area contributed by atoms with Gasteiger partial charge in [0, 0.05) is 49.4 Å². The number of aliphatic imine (C=N–C) groups is 1. The number of hydrazine groups is 1. The highest BCUT2D eigenvalue weighted by molar-refractivity contribution is 5.78. The molecule has 0 spiro atoms. The second kappa shape index (κ2) is 9.59. The van der Waals surface area contributed by atoms with Gasteiger partial charge in [0.25, 0.3) is 0 Å². The Morgan fingerprint density at radius 3 is 2.68 bits per heavy atom. The molecule has 0 radical (unpaired) electrons. The molecule has 31 heavy (non-hydrogen) atoms. The van der Waals surface area contributed by atoms with Crippen LogP contribution in [0.1, 0.15) is 65.7 Å². The van der Waals surface area contributed by atoms with Crippen molar-refractivity contribution < 1.29 is 4.79 Å². The third-order valence-corrected chi connectivity index (χ3v) is 8.49. The minimum Gasteiger partial charge on any atom is -0.372 e. The molecular weight excluding hydrogens is 388 g/mol. The first-order valence-electron chi connectivity index (χ1n) is 12.4. The topological polar surface area (TPSA) is 94.8 Å². The summed E-state index contributed by atoms with van der Waals surface area (Å²) < 4.78 is 0. The maximum absolute atomic E-state index is 12.3. The molecule has 4 fully saturated rings. The van der Waals surface area contributed by atoms with Crippen molar-refractivity contribution in [2.75, 3.05) is 19.6 Å². The fourth-order valence-corrected chi connectivity index (χ4v) is 6.99. The number of nitrogens with zero attached hydrogens (tertiary/aromatic N) is 2. The smallest absolute Gasteiger partial charge is 0.222 e. The highest BCUT2D eigenvalue weighted by atomic mass is 16.1. The van der Waals surface area contributed by atoms with Crippen LogP contribution >= 0.6 is 0 Å². The molecule has 4 aliphatic carbocycles. The summed E-state index contributed by atoms with van der Waals surface area (Å²) in [6.45, 7) is 8.61. The fraction of sp³-hybridized carbons (Fsp3) is 0.833. The molecule has 5 unspecified atom stereocenters.